The maximum atomic E-state index is 13.4. The van der Waals surface area contributed by atoms with E-state index in [0.717, 1.165) is 11.1 Å². The highest BCUT2D eigenvalue weighted by Gasteiger charge is 2.33. The molecule has 2 aromatic carbocycles. The van der Waals surface area contributed by atoms with E-state index in [2.05, 4.69) is 5.32 Å². The molecule has 7 heteroatoms. The van der Waals surface area contributed by atoms with E-state index >= 15 is 0 Å². The van der Waals surface area contributed by atoms with Crippen molar-refractivity contribution in [3.05, 3.63) is 83.9 Å². The summed E-state index contributed by atoms with van der Waals surface area (Å²) in [6.45, 7) is 6.43. The van der Waals surface area contributed by atoms with Crippen molar-refractivity contribution < 1.29 is 24.2 Å². The van der Waals surface area contributed by atoms with Gasteiger partial charge >= 0.3 is 5.97 Å². The molecule has 2 aromatic rings. The number of aliphatic hydroxyl groups excluding tert-OH is 1. The van der Waals surface area contributed by atoms with Crippen LogP contribution in [0.3, 0.4) is 0 Å². The van der Waals surface area contributed by atoms with E-state index < -0.39 is 12.0 Å². The Morgan fingerprint density at radius 3 is 2.13 bits per heavy atom. The van der Waals surface area contributed by atoms with E-state index in [-0.39, 0.29) is 55.3 Å². The maximum absolute atomic E-state index is 13.4. The third kappa shape index (κ3) is 9.66. The average Bonchev–Trinajstić information content (AvgIpc) is 2.91. The molecule has 3 atom stereocenters. The van der Waals surface area contributed by atoms with Crippen LogP contribution < -0.4 is 5.32 Å². The molecule has 39 heavy (non-hydrogen) atoms. The summed E-state index contributed by atoms with van der Waals surface area (Å²) >= 11 is 0. The summed E-state index contributed by atoms with van der Waals surface area (Å²) in [5, 5.41) is 12.6. The number of allylic oxidation sites excluding steroid dienone is 2. The smallest absolute Gasteiger partial charge is 0.309 e. The Balaban J connectivity index is 1.79. The minimum Gasteiger partial charge on any atom is -0.463 e. The lowest BCUT2D eigenvalue weighted by Gasteiger charge is -2.33. The van der Waals surface area contributed by atoms with Gasteiger partial charge in [-0.05, 0) is 35.8 Å². The predicted octanol–water partition coefficient (Wildman–Crippen LogP) is 4.30. The van der Waals surface area contributed by atoms with Crippen molar-refractivity contribution in [2.24, 2.45) is 17.3 Å². The van der Waals surface area contributed by atoms with Crippen LogP contribution in [0.2, 0.25) is 0 Å². The lowest BCUT2D eigenvalue weighted by Crippen LogP contribution is -2.50. The number of benzene rings is 2. The quantitative estimate of drug-likeness (QED) is 0.389. The molecular weight excluding hydrogens is 492 g/mol. The predicted molar refractivity (Wildman–Crippen MR) is 151 cm³/mol. The lowest BCUT2D eigenvalue weighted by atomic mass is 9.86. The second-order valence-electron chi connectivity index (χ2n) is 11.3. The average molecular weight is 535 g/mol. The molecule has 0 spiro atoms. The van der Waals surface area contributed by atoms with Crippen molar-refractivity contribution >= 4 is 17.8 Å². The monoisotopic (exact) mass is 534 g/mol. The van der Waals surface area contributed by atoms with Crippen LogP contribution in [0.15, 0.2) is 72.8 Å². The molecular formula is C32H42N2O5. The first kappa shape index (κ1) is 30.1. The molecule has 210 valence electrons. The normalized spacial score (nSPS) is 20.8. The number of carbonyl (C=O) groups excluding carboxylic acids is 3. The molecule has 0 saturated heterocycles. The Kier molecular flexibility index (Phi) is 11.3. The Labute approximate surface area is 232 Å². The number of hydrogen-bond donors (Lipinski definition) is 2. The first-order valence-electron chi connectivity index (χ1n) is 13.8. The van der Waals surface area contributed by atoms with E-state index in [0.29, 0.717) is 25.8 Å². The van der Waals surface area contributed by atoms with Crippen molar-refractivity contribution in [2.45, 2.75) is 59.0 Å². The first-order valence-corrected chi connectivity index (χ1v) is 13.8. The van der Waals surface area contributed by atoms with Gasteiger partial charge in [0.2, 0.25) is 11.8 Å². The highest BCUT2D eigenvalue weighted by atomic mass is 16.5. The SMILES string of the molecule is CC(C)(C)[C@H]1COC(=O)[C@H](Cc2ccccc2)CC=CC[C@H](CC(=O)N(CCO)Cc2ccccc2)C(=O)N1. The standard InChI is InChI=1S/C32H42N2O5/c1-32(2,3)28-23-39-31(38)27(20-24-12-6-4-7-13-24)17-11-10-16-26(30(37)33-28)21-29(36)34(18-19-35)22-25-14-8-5-9-15-25/h4-15,26-28,35H,16-23H2,1-3H3,(H,33,37)/t26-,27+,28-/m1/s1. The van der Waals surface area contributed by atoms with E-state index in [9.17, 15) is 19.5 Å². The molecule has 0 aliphatic carbocycles. The minimum atomic E-state index is -0.585. The third-order valence-electron chi connectivity index (χ3n) is 7.15. The van der Waals surface area contributed by atoms with Gasteiger partial charge in [0.1, 0.15) is 6.61 Å². The van der Waals surface area contributed by atoms with Crippen molar-refractivity contribution in [1.29, 1.82) is 0 Å². The second-order valence-corrected chi connectivity index (χ2v) is 11.3. The first-order chi connectivity index (χ1) is 18.7. The van der Waals surface area contributed by atoms with Crippen LogP contribution in [0, 0.1) is 17.3 Å². The number of hydrogen-bond acceptors (Lipinski definition) is 5. The van der Waals surface area contributed by atoms with E-state index in [1.54, 1.807) is 4.90 Å². The number of nitrogens with one attached hydrogen (secondary N) is 1. The minimum absolute atomic E-state index is 0.0209. The fourth-order valence-electron chi connectivity index (χ4n) is 4.60. The van der Waals surface area contributed by atoms with Crippen molar-refractivity contribution in [1.82, 2.24) is 10.2 Å². The van der Waals surface area contributed by atoms with Gasteiger partial charge in [0.15, 0.2) is 0 Å². The summed E-state index contributed by atoms with van der Waals surface area (Å²) in [5.74, 6) is -1.63. The number of esters is 1. The van der Waals surface area contributed by atoms with Gasteiger partial charge in [0.25, 0.3) is 0 Å². The van der Waals surface area contributed by atoms with Gasteiger partial charge < -0.3 is 20.1 Å². The van der Waals surface area contributed by atoms with Crippen molar-refractivity contribution in [2.75, 3.05) is 19.8 Å². The summed E-state index contributed by atoms with van der Waals surface area (Å²) in [6.07, 6.45) is 5.25. The number of amides is 2. The maximum Gasteiger partial charge on any atom is 0.309 e. The molecule has 0 fully saturated rings. The summed E-state index contributed by atoms with van der Waals surface area (Å²) in [6, 6.07) is 19.0. The molecule has 2 N–H and O–H groups in total. The summed E-state index contributed by atoms with van der Waals surface area (Å²) in [7, 11) is 0. The van der Waals surface area contributed by atoms with Crippen LogP contribution in [0.25, 0.3) is 0 Å². The van der Waals surface area contributed by atoms with Gasteiger partial charge in [-0.25, -0.2) is 0 Å². The third-order valence-corrected chi connectivity index (χ3v) is 7.15. The van der Waals surface area contributed by atoms with Gasteiger partial charge in [-0.15, -0.1) is 0 Å². The van der Waals surface area contributed by atoms with Crippen LogP contribution in [0.5, 0.6) is 0 Å². The Morgan fingerprint density at radius 2 is 1.54 bits per heavy atom. The van der Waals surface area contributed by atoms with Gasteiger partial charge in [-0.1, -0.05) is 93.6 Å². The molecule has 3 rings (SSSR count). The fraction of sp³-hybridized carbons (Fsp3) is 0.469. The van der Waals surface area contributed by atoms with Gasteiger partial charge in [0.05, 0.1) is 24.5 Å². The number of aliphatic hydroxyl groups is 1. The van der Waals surface area contributed by atoms with Gasteiger partial charge in [-0.3, -0.25) is 14.4 Å². The number of rotatable bonds is 8. The number of carbonyl (C=O) groups is 3. The summed E-state index contributed by atoms with van der Waals surface area (Å²) in [4.78, 5) is 41.4. The van der Waals surface area contributed by atoms with Crippen molar-refractivity contribution in [3.63, 3.8) is 0 Å². The van der Waals surface area contributed by atoms with Crippen molar-refractivity contribution in [3.8, 4) is 0 Å². The zero-order valence-electron chi connectivity index (χ0n) is 23.3. The van der Waals surface area contributed by atoms with E-state index in [1.807, 2.05) is 93.6 Å². The van der Waals surface area contributed by atoms with E-state index in [4.69, 9.17) is 4.74 Å². The Hall–Kier alpha value is -3.45. The van der Waals surface area contributed by atoms with Crippen LogP contribution in [0.4, 0.5) is 0 Å². The largest absolute Gasteiger partial charge is 0.463 e. The van der Waals surface area contributed by atoms with Gasteiger partial charge in [0, 0.05) is 19.5 Å². The number of nitrogens with zero attached hydrogens (tertiary/aromatic N) is 1. The molecule has 1 aliphatic heterocycles. The summed E-state index contributed by atoms with van der Waals surface area (Å²) < 4.78 is 5.75. The fourth-order valence-corrected chi connectivity index (χ4v) is 4.60. The zero-order chi connectivity index (χ0) is 28.3. The lowest BCUT2D eigenvalue weighted by molar-refractivity contribution is -0.151. The molecule has 7 nitrogen and oxygen atoms in total. The molecule has 2 amide bonds. The van der Waals surface area contributed by atoms with Crippen LogP contribution in [0.1, 0.15) is 51.2 Å². The molecule has 0 saturated carbocycles. The highest BCUT2D eigenvalue weighted by Crippen LogP contribution is 2.24. The Bertz CT molecular complexity index is 1090. The highest BCUT2D eigenvalue weighted by molar-refractivity contribution is 5.86. The van der Waals surface area contributed by atoms with Gasteiger partial charge in [-0.2, -0.15) is 0 Å². The molecule has 0 unspecified atom stereocenters. The second kappa shape index (κ2) is 14.6. The van der Waals surface area contributed by atoms with Crippen LogP contribution in [-0.4, -0.2) is 53.6 Å². The van der Waals surface area contributed by atoms with E-state index in [1.165, 1.54) is 0 Å². The topological polar surface area (TPSA) is 95.9 Å². The molecule has 1 aliphatic rings. The zero-order valence-corrected chi connectivity index (χ0v) is 23.3. The molecule has 1 heterocycles. The molecule has 0 aromatic heterocycles. The van der Waals surface area contributed by atoms with Crippen LogP contribution in [-0.2, 0) is 32.1 Å². The summed E-state index contributed by atoms with van der Waals surface area (Å²) in [5.41, 5.74) is 1.66. The molecule has 0 radical (unpaired) electrons. The Morgan fingerprint density at radius 1 is 0.949 bits per heavy atom. The van der Waals surface area contributed by atoms with Crippen LogP contribution >= 0.6 is 0 Å². The number of cyclic esters (lactones) is 1. The molecule has 0 bridgehead atoms. The number of ether oxygens (including phenoxy) is 1.